The number of hydrogen-bond acceptors (Lipinski definition) is 4. The molecule has 20 heavy (non-hydrogen) atoms. The molecule has 0 aromatic heterocycles. The topological polar surface area (TPSA) is 47.0 Å². The number of carboxylic acids is 1. The summed E-state index contributed by atoms with van der Waals surface area (Å²) in [5.41, 5.74) is -0.0847. The van der Waals surface area contributed by atoms with E-state index in [1.165, 1.54) is 19.4 Å². The van der Waals surface area contributed by atoms with Crippen LogP contribution >= 0.6 is 0 Å². The number of rotatable bonds is 3. The fourth-order valence-corrected chi connectivity index (χ4v) is 4.43. The number of carbonyl (C=O) groups is 1. The Morgan fingerprint density at radius 1 is 1.20 bits per heavy atom. The van der Waals surface area contributed by atoms with Gasteiger partial charge in [0.1, 0.15) is 0 Å². The molecule has 1 N–H and O–H groups in total. The predicted octanol–water partition coefficient (Wildman–Crippen LogP) is 0.706. The summed E-state index contributed by atoms with van der Waals surface area (Å²) < 4.78 is 0. The van der Waals surface area contributed by atoms with Gasteiger partial charge < -0.3 is 14.9 Å². The molecule has 3 aliphatic heterocycles. The zero-order valence-corrected chi connectivity index (χ0v) is 12.6. The molecule has 0 radical (unpaired) electrons. The van der Waals surface area contributed by atoms with E-state index >= 15 is 0 Å². The quantitative estimate of drug-likeness (QED) is 0.825. The van der Waals surface area contributed by atoms with Crippen molar-refractivity contribution in [3.63, 3.8) is 0 Å². The van der Waals surface area contributed by atoms with Crippen LogP contribution in [0.3, 0.4) is 0 Å². The maximum Gasteiger partial charge on any atom is 0.305 e. The van der Waals surface area contributed by atoms with Crippen LogP contribution in [-0.4, -0.2) is 83.7 Å². The number of likely N-dealkylation sites (N-methyl/N-ethyl adjacent to an activating group) is 1. The van der Waals surface area contributed by atoms with Gasteiger partial charge in [-0.2, -0.15) is 0 Å². The highest BCUT2D eigenvalue weighted by Gasteiger charge is 2.46. The molecule has 0 aliphatic carbocycles. The second-order valence-electron chi connectivity index (χ2n) is 6.87. The third-order valence-electron chi connectivity index (χ3n) is 5.63. The lowest BCUT2D eigenvalue weighted by Gasteiger charge is -2.52. The van der Waals surface area contributed by atoms with Crippen LogP contribution in [-0.2, 0) is 4.79 Å². The average Bonchev–Trinajstić information content (AvgIpc) is 2.85. The van der Waals surface area contributed by atoms with Crippen LogP contribution in [0.15, 0.2) is 0 Å². The SMILES string of the molecule is CN1CCN(C2(CC(=O)O)CCN3CCCC3C2)CC1. The van der Waals surface area contributed by atoms with Gasteiger partial charge in [-0.3, -0.25) is 9.69 Å². The minimum atomic E-state index is -0.629. The molecule has 0 aromatic rings. The lowest BCUT2D eigenvalue weighted by molar-refractivity contribution is -0.142. The molecular formula is C15H27N3O2. The van der Waals surface area contributed by atoms with Crippen molar-refractivity contribution in [2.45, 2.75) is 43.7 Å². The van der Waals surface area contributed by atoms with Crippen molar-refractivity contribution in [3.05, 3.63) is 0 Å². The van der Waals surface area contributed by atoms with Crippen LogP contribution in [0.25, 0.3) is 0 Å². The standard InChI is InChI=1S/C15H27N3O2/c1-16-7-9-18(10-8-16)15(12-14(19)20)4-6-17-5-2-3-13(17)11-15/h13H,2-12H2,1H3,(H,19,20). The Kier molecular flexibility index (Phi) is 4.02. The van der Waals surface area contributed by atoms with Gasteiger partial charge in [0.15, 0.2) is 0 Å². The summed E-state index contributed by atoms with van der Waals surface area (Å²) in [6, 6.07) is 0.628. The summed E-state index contributed by atoms with van der Waals surface area (Å²) in [6.45, 7) is 6.49. The number of aliphatic carboxylic acids is 1. The smallest absolute Gasteiger partial charge is 0.305 e. The van der Waals surface area contributed by atoms with Crippen LogP contribution < -0.4 is 0 Å². The van der Waals surface area contributed by atoms with Crippen molar-refractivity contribution < 1.29 is 9.90 Å². The normalized spacial score (nSPS) is 37.0. The molecular weight excluding hydrogens is 254 g/mol. The zero-order valence-electron chi connectivity index (χ0n) is 12.6. The summed E-state index contributed by atoms with van der Waals surface area (Å²) in [4.78, 5) is 18.8. The second-order valence-corrected chi connectivity index (χ2v) is 6.87. The van der Waals surface area contributed by atoms with Gasteiger partial charge in [0.2, 0.25) is 0 Å². The highest BCUT2D eigenvalue weighted by Crippen LogP contribution is 2.39. The third-order valence-corrected chi connectivity index (χ3v) is 5.63. The molecule has 0 bridgehead atoms. The first-order chi connectivity index (χ1) is 9.59. The molecule has 3 heterocycles. The van der Waals surface area contributed by atoms with Gasteiger partial charge in [0, 0.05) is 44.3 Å². The van der Waals surface area contributed by atoms with E-state index in [4.69, 9.17) is 0 Å². The highest BCUT2D eigenvalue weighted by molar-refractivity contribution is 5.68. The summed E-state index contributed by atoms with van der Waals surface area (Å²) in [5.74, 6) is -0.629. The molecule has 0 saturated carbocycles. The Balaban J connectivity index is 1.76. The number of carboxylic acid groups (broad SMARTS) is 1. The Hall–Kier alpha value is -0.650. The summed E-state index contributed by atoms with van der Waals surface area (Å²) in [7, 11) is 2.15. The van der Waals surface area contributed by atoms with E-state index in [1.807, 2.05) is 0 Å². The van der Waals surface area contributed by atoms with Crippen molar-refractivity contribution in [2.75, 3.05) is 46.3 Å². The monoisotopic (exact) mass is 281 g/mol. The van der Waals surface area contributed by atoms with Gasteiger partial charge in [-0.15, -0.1) is 0 Å². The molecule has 114 valence electrons. The van der Waals surface area contributed by atoms with E-state index in [0.29, 0.717) is 12.5 Å². The number of nitrogens with zero attached hydrogens (tertiary/aromatic N) is 3. The second kappa shape index (κ2) is 5.62. The van der Waals surface area contributed by atoms with Crippen molar-refractivity contribution >= 4 is 5.97 Å². The molecule has 3 rings (SSSR count). The van der Waals surface area contributed by atoms with Gasteiger partial charge in [-0.05, 0) is 39.3 Å². The molecule has 0 spiro atoms. The lowest BCUT2D eigenvalue weighted by Crippen LogP contribution is -2.62. The minimum absolute atomic E-state index is 0.0847. The molecule has 0 aromatic carbocycles. The Labute approximate surface area is 121 Å². The molecule has 2 atom stereocenters. The van der Waals surface area contributed by atoms with Gasteiger partial charge in [0.05, 0.1) is 6.42 Å². The van der Waals surface area contributed by atoms with E-state index in [-0.39, 0.29) is 5.54 Å². The lowest BCUT2D eigenvalue weighted by atomic mass is 9.78. The van der Waals surface area contributed by atoms with Crippen LogP contribution in [0, 0.1) is 0 Å². The van der Waals surface area contributed by atoms with E-state index < -0.39 is 5.97 Å². The van der Waals surface area contributed by atoms with E-state index in [0.717, 1.165) is 45.6 Å². The fraction of sp³-hybridized carbons (Fsp3) is 0.933. The summed E-state index contributed by atoms with van der Waals surface area (Å²) in [6.07, 6.45) is 4.95. The van der Waals surface area contributed by atoms with Crippen LogP contribution in [0.1, 0.15) is 32.1 Å². The van der Waals surface area contributed by atoms with E-state index in [9.17, 15) is 9.90 Å². The maximum absolute atomic E-state index is 11.4. The van der Waals surface area contributed by atoms with Crippen LogP contribution in [0.4, 0.5) is 0 Å². The van der Waals surface area contributed by atoms with Gasteiger partial charge in [-0.1, -0.05) is 0 Å². The Bertz CT molecular complexity index is 368. The largest absolute Gasteiger partial charge is 0.481 e. The van der Waals surface area contributed by atoms with Gasteiger partial charge in [0.25, 0.3) is 0 Å². The summed E-state index contributed by atoms with van der Waals surface area (Å²) in [5, 5.41) is 9.40. The molecule has 3 saturated heterocycles. The Morgan fingerprint density at radius 3 is 2.65 bits per heavy atom. The number of piperidine rings is 1. The molecule has 3 fully saturated rings. The molecule has 5 nitrogen and oxygen atoms in total. The number of piperazine rings is 1. The molecule has 0 amide bonds. The van der Waals surface area contributed by atoms with Crippen molar-refractivity contribution in [2.24, 2.45) is 0 Å². The first kappa shape index (κ1) is 14.3. The minimum Gasteiger partial charge on any atom is -0.481 e. The Morgan fingerprint density at radius 2 is 1.95 bits per heavy atom. The van der Waals surface area contributed by atoms with Crippen molar-refractivity contribution in [1.82, 2.24) is 14.7 Å². The summed E-state index contributed by atoms with van der Waals surface area (Å²) >= 11 is 0. The molecule has 3 aliphatic rings. The third kappa shape index (κ3) is 2.71. The van der Waals surface area contributed by atoms with Crippen molar-refractivity contribution in [1.29, 1.82) is 0 Å². The first-order valence-electron chi connectivity index (χ1n) is 7.98. The van der Waals surface area contributed by atoms with E-state index in [1.54, 1.807) is 0 Å². The van der Waals surface area contributed by atoms with Crippen molar-refractivity contribution in [3.8, 4) is 0 Å². The molecule has 2 unspecified atom stereocenters. The predicted molar refractivity (Wildman–Crippen MR) is 77.9 cm³/mol. The van der Waals surface area contributed by atoms with Gasteiger partial charge in [-0.25, -0.2) is 0 Å². The van der Waals surface area contributed by atoms with Crippen LogP contribution in [0.5, 0.6) is 0 Å². The van der Waals surface area contributed by atoms with E-state index in [2.05, 4.69) is 21.7 Å². The number of fused-ring (bicyclic) bond motifs is 1. The van der Waals surface area contributed by atoms with Crippen LogP contribution in [0.2, 0.25) is 0 Å². The van der Waals surface area contributed by atoms with Gasteiger partial charge >= 0.3 is 5.97 Å². The zero-order chi connectivity index (χ0) is 14.2. The first-order valence-corrected chi connectivity index (χ1v) is 7.98. The molecule has 5 heteroatoms. The average molecular weight is 281 g/mol. The highest BCUT2D eigenvalue weighted by atomic mass is 16.4. The maximum atomic E-state index is 11.4. The fourth-order valence-electron chi connectivity index (χ4n) is 4.43. The number of hydrogen-bond donors (Lipinski definition) is 1.